The van der Waals surface area contributed by atoms with Gasteiger partial charge in [0.15, 0.2) is 0 Å². The molecule has 0 saturated carbocycles. The van der Waals surface area contributed by atoms with Crippen LogP contribution in [0.5, 0.6) is 0 Å². The maximum Gasteiger partial charge on any atom is 0.303 e. The van der Waals surface area contributed by atoms with E-state index in [4.69, 9.17) is 16.7 Å². The number of carboxylic acid groups (broad SMARTS) is 1. The number of halogens is 2. The lowest BCUT2D eigenvalue weighted by atomic mass is 9.98. The highest BCUT2D eigenvalue weighted by atomic mass is 35.5. The molecule has 0 aliphatic rings. The predicted octanol–water partition coefficient (Wildman–Crippen LogP) is 5.54. The quantitative estimate of drug-likeness (QED) is 0.370. The third-order valence-corrected chi connectivity index (χ3v) is 7.03. The van der Waals surface area contributed by atoms with Gasteiger partial charge in [0.25, 0.3) is 0 Å². The molecule has 0 aliphatic carbocycles. The summed E-state index contributed by atoms with van der Waals surface area (Å²) in [5, 5.41) is 9.25. The average Bonchev–Trinajstić information content (AvgIpc) is 2.78. The molecule has 0 aliphatic heterocycles. The molecule has 0 saturated heterocycles. The van der Waals surface area contributed by atoms with Gasteiger partial charge in [-0.2, -0.15) is 0 Å². The fourth-order valence-electron chi connectivity index (χ4n) is 3.49. The zero-order valence-electron chi connectivity index (χ0n) is 17.9. The molecule has 5 nitrogen and oxygen atoms in total. The molecular formula is C25H25ClFNO4S. The van der Waals surface area contributed by atoms with E-state index in [-0.39, 0.29) is 17.1 Å². The number of nitrogens with one attached hydrogen (secondary N) is 1. The highest BCUT2D eigenvalue weighted by Crippen LogP contribution is 2.24. The largest absolute Gasteiger partial charge is 0.481 e. The minimum absolute atomic E-state index is 0.100. The van der Waals surface area contributed by atoms with Gasteiger partial charge < -0.3 is 5.11 Å². The molecule has 0 radical (unpaired) electrons. The standard InChI is InChI=1S/C25H25ClFNO4S/c26-21-11-15-23(16-12-21)33(31,32)28-24(17-8-19-6-13-22(27)14-7-19)20-9-4-18(5-10-20)2-1-3-25(29)30/h4-7,9-16,24,28H,1-3,8,17H2,(H,29,30). The van der Waals surface area contributed by atoms with Crippen LogP contribution in [0.15, 0.2) is 77.7 Å². The van der Waals surface area contributed by atoms with E-state index < -0.39 is 22.0 Å². The number of sulfonamides is 1. The summed E-state index contributed by atoms with van der Waals surface area (Å²) in [4.78, 5) is 10.8. The van der Waals surface area contributed by atoms with Crippen LogP contribution in [0.4, 0.5) is 4.39 Å². The van der Waals surface area contributed by atoms with Crippen LogP contribution in [-0.2, 0) is 27.7 Å². The lowest BCUT2D eigenvalue weighted by Gasteiger charge is -2.20. The second-order valence-corrected chi connectivity index (χ2v) is 9.93. The zero-order chi connectivity index (χ0) is 23.8. The van der Waals surface area contributed by atoms with Crippen molar-refractivity contribution < 1.29 is 22.7 Å². The molecule has 174 valence electrons. The van der Waals surface area contributed by atoms with Gasteiger partial charge in [-0.15, -0.1) is 0 Å². The number of benzene rings is 3. The van der Waals surface area contributed by atoms with Gasteiger partial charge in [-0.3, -0.25) is 4.79 Å². The van der Waals surface area contributed by atoms with E-state index >= 15 is 0 Å². The second kappa shape index (κ2) is 11.4. The first-order valence-electron chi connectivity index (χ1n) is 10.6. The predicted molar refractivity (Wildman–Crippen MR) is 126 cm³/mol. The van der Waals surface area contributed by atoms with Gasteiger partial charge >= 0.3 is 5.97 Å². The van der Waals surface area contributed by atoms with Crippen molar-refractivity contribution in [3.05, 3.63) is 100 Å². The van der Waals surface area contributed by atoms with Gasteiger partial charge in [0.05, 0.1) is 4.90 Å². The molecule has 1 unspecified atom stereocenters. The molecule has 0 spiro atoms. The topological polar surface area (TPSA) is 83.5 Å². The van der Waals surface area contributed by atoms with Crippen molar-refractivity contribution >= 4 is 27.6 Å². The summed E-state index contributed by atoms with van der Waals surface area (Å²) in [5.41, 5.74) is 2.67. The van der Waals surface area contributed by atoms with Crippen LogP contribution in [0.2, 0.25) is 5.02 Å². The summed E-state index contributed by atoms with van der Waals surface area (Å²) >= 11 is 5.89. The Kier molecular flexibility index (Phi) is 8.61. The summed E-state index contributed by atoms with van der Waals surface area (Å²) in [6.45, 7) is 0. The SMILES string of the molecule is O=C(O)CCCc1ccc(C(CCc2ccc(F)cc2)NS(=O)(=O)c2ccc(Cl)cc2)cc1. The van der Waals surface area contributed by atoms with Crippen LogP contribution in [0.1, 0.15) is 42.0 Å². The minimum atomic E-state index is -3.80. The highest BCUT2D eigenvalue weighted by Gasteiger charge is 2.21. The summed E-state index contributed by atoms with van der Waals surface area (Å²) < 4.78 is 42.0. The number of aliphatic carboxylic acids is 1. The second-order valence-electron chi connectivity index (χ2n) is 7.78. The molecule has 3 rings (SSSR count). The highest BCUT2D eigenvalue weighted by molar-refractivity contribution is 7.89. The molecule has 0 heterocycles. The number of aryl methyl sites for hydroxylation is 2. The number of carboxylic acids is 1. The first kappa shape index (κ1) is 24.9. The number of hydrogen-bond donors (Lipinski definition) is 2. The van der Waals surface area contributed by atoms with Crippen LogP contribution in [0.3, 0.4) is 0 Å². The van der Waals surface area contributed by atoms with Crippen molar-refractivity contribution in [3.8, 4) is 0 Å². The molecular weight excluding hydrogens is 465 g/mol. The molecule has 0 amide bonds. The maximum absolute atomic E-state index is 13.2. The van der Waals surface area contributed by atoms with Crippen molar-refractivity contribution in [1.82, 2.24) is 4.72 Å². The van der Waals surface area contributed by atoms with E-state index in [1.54, 1.807) is 12.1 Å². The van der Waals surface area contributed by atoms with Crippen molar-refractivity contribution in [2.24, 2.45) is 0 Å². The Morgan fingerprint density at radius 2 is 1.48 bits per heavy atom. The Bertz CT molecular complexity index is 1160. The Hall–Kier alpha value is -2.74. The Balaban J connectivity index is 1.79. The van der Waals surface area contributed by atoms with Gasteiger partial charge in [0, 0.05) is 17.5 Å². The first-order valence-corrected chi connectivity index (χ1v) is 12.4. The molecule has 0 aromatic heterocycles. The van der Waals surface area contributed by atoms with Crippen LogP contribution in [0.25, 0.3) is 0 Å². The molecule has 2 N–H and O–H groups in total. The number of carbonyl (C=O) groups is 1. The Morgan fingerprint density at radius 1 is 0.909 bits per heavy atom. The average molecular weight is 490 g/mol. The lowest BCUT2D eigenvalue weighted by Crippen LogP contribution is -2.29. The molecule has 1 atom stereocenters. The summed E-state index contributed by atoms with van der Waals surface area (Å²) in [6.07, 6.45) is 2.28. The summed E-state index contributed by atoms with van der Waals surface area (Å²) in [5.74, 6) is -1.15. The van der Waals surface area contributed by atoms with Crippen LogP contribution in [0, 0.1) is 5.82 Å². The molecule has 3 aromatic rings. The van der Waals surface area contributed by atoms with E-state index in [2.05, 4.69) is 4.72 Å². The Morgan fingerprint density at radius 3 is 2.09 bits per heavy atom. The van der Waals surface area contributed by atoms with E-state index in [1.165, 1.54) is 36.4 Å². The summed E-state index contributed by atoms with van der Waals surface area (Å²) in [6, 6.07) is 19.1. The number of rotatable bonds is 11. The van der Waals surface area contributed by atoms with Gasteiger partial charge in [-0.1, -0.05) is 48.0 Å². The zero-order valence-corrected chi connectivity index (χ0v) is 19.4. The summed E-state index contributed by atoms with van der Waals surface area (Å²) in [7, 11) is -3.80. The maximum atomic E-state index is 13.2. The molecule has 33 heavy (non-hydrogen) atoms. The van der Waals surface area contributed by atoms with Crippen LogP contribution >= 0.6 is 11.6 Å². The van der Waals surface area contributed by atoms with Crippen molar-refractivity contribution in [1.29, 1.82) is 0 Å². The van der Waals surface area contributed by atoms with E-state index in [0.717, 1.165) is 16.7 Å². The van der Waals surface area contributed by atoms with Gasteiger partial charge in [0.1, 0.15) is 5.82 Å². The monoisotopic (exact) mass is 489 g/mol. The van der Waals surface area contributed by atoms with Gasteiger partial charge in [0.2, 0.25) is 10.0 Å². The molecule has 0 bridgehead atoms. The smallest absolute Gasteiger partial charge is 0.303 e. The third kappa shape index (κ3) is 7.67. The van der Waals surface area contributed by atoms with E-state index in [1.807, 2.05) is 24.3 Å². The van der Waals surface area contributed by atoms with Crippen molar-refractivity contribution in [2.45, 2.75) is 43.0 Å². The molecule has 3 aromatic carbocycles. The molecule has 8 heteroatoms. The molecule has 0 fully saturated rings. The lowest BCUT2D eigenvalue weighted by molar-refractivity contribution is -0.137. The fraction of sp³-hybridized carbons (Fsp3) is 0.240. The van der Waals surface area contributed by atoms with E-state index in [0.29, 0.717) is 30.7 Å². The van der Waals surface area contributed by atoms with Gasteiger partial charge in [-0.25, -0.2) is 17.5 Å². The van der Waals surface area contributed by atoms with Gasteiger partial charge in [-0.05, 0) is 78.8 Å². The van der Waals surface area contributed by atoms with Crippen molar-refractivity contribution in [3.63, 3.8) is 0 Å². The van der Waals surface area contributed by atoms with Crippen LogP contribution < -0.4 is 4.72 Å². The van der Waals surface area contributed by atoms with E-state index in [9.17, 15) is 17.6 Å². The Labute approximate surface area is 198 Å². The number of hydrogen-bond acceptors (Lipinski definition) is 3. The van der Waals surface area contributed by atoms with Crippen LogP contribution in [-0.4, -0.2) is 19.5 Å². The van der Waals surface area contributed by atoms with Crippen molar-refractivity contribution in [2.75, 3.05) is 0 Å². The normalized spacial score (nSPS) is 12.4. The minimum Gasteiger partial charge on any atom is -0.481 e. The fourth-order valence-corrected chi connectivity index (χ4v) is 4.87. The third-order valence-electron chi connectivity index (χ3n) is 5.29. The first-order chi connectivity index (χ1) is 15.7.